The Kier molecular flexibility index (Phi) is 83.6. The monoisotopic (exact) mass is 770 g/mol. The van der Waals surface area contributed by atoms with E-state index >= 15 is 0 Å². The lowest BCUT2D eigenvalue weighted by Gasteiger charge is -2.17. The third kappa shape index (κ3) is 62.2. The van der Waals surface area contributed by atoms with Crippen LogP contribution in [-0.4, -0.2) is 118 Å². The Hall–Kier alpha value is -0.630. The zero-order valence-electron chi connectivity index (χ0n) is 30.2. The lowest BCUT2D eigenvalue weighted by molar-refractivity contribution is -0.149. The van der Waals surface area contributed by atoms with Crippen LogP contribution in [0.25, 0.3) is 0 Å². The summed E-state index contributed by atoms with van der Waals surface area (Å²) in [7, 11) is 7.44. The molecule has 0 heterocycles. The van der Waals surface area contributed by atoms with Crippen molar-refractivity contribution in [3.05, 3.63) is 0 Å². The van der Waals surface area contributed by atoms with Gasteiger partial charge in [-0.15, -0.1) is 12.4 Å². The Morgan fingerprint density at radius 2 is 0.913 bits per heavy atom. The molecule has 13 nitrogen and oxygen atoms in total. The fraction of sp³-hybridized carbons (Fsp3) is 0.857. The van der Waals surface area contributed by atoms with Crippen LogP contribution in [0.15, 0.2) is 0 Å². The summed E-state index contributed by atoms with van der Waals surface area (Å²) in [6.45, 7) is 16.8. The second-order valence-corrected chi connectivity index (χ2v) is 9.23. The lowest BCUT2D eigenvalue weighted by Crippen LogP contribution is -2.34. The van der Waals surface area contributed by atoms with Gasteiger partial charge < -0.3 is 29.8 Å². The molecule has 0 unspecified atom stereocenters. The van der Waals surface area contributed by atoms with E-state index in [2.05, 4.69) is 9.47 Å². The van der Waals surface area contributed by atoms with Crippen molar-refractivity contribution >= 4 is 90.8 Å². The number of esters is 3. The van der Waals surface area contributed by atoms with E-state index in [1.54, 1.807) is 13.8 Å². The number of hydrogen-bond donors (Lipinski definition) is 3. The molecule has 46 heavy (non-hydrogen) atoms. The number of aliphatic hydroxyl groups is 1. The summed E-state index contributed by atoms with van der Waals surface area (Å²) in [6.07, 6.45) is 3.01. The summed E-state index contributed by atoms with van der Waals surface area (Å²) in [5, 5.41) is 7.88. The Morgan fingerprint density at radius 1 is 0.652 bits per heavy atom. The normalized spacial score (nSPS) is 11.2. The van der Waals surface area contributed by atoms with Crippen LogP contribution in [0.1, 0.15) is 81.1 Å². The summed E-state index contributed by atoms with van der Waals surface area (Å²) in [5.74, 6) is -0.606. The van der Waals surface area contributed by atoms with Crippen LogP contribution >= 0.6 is 66.4 Å². The smallest absolute Gasteiger partial charge is 0.323 e. The molecule has 4 atom stereocenters. The average molecular weight is 772 g/mol. The number of carbonyl (C=O) groups is 4. The summed E-state index contributed by atoms with van der Waals surface area (Å²) < 4.78 is 18.7. The molecule has 288 valence electrons. The minimum absolute atomic E-state index is 0. The predicted molar refractivity (Wildman–Crippen MR) is 211 cm³/mol. The van der Waals surface area contributed by atoms with Crippen molar-refractivity contribution in [3.63, 3.8) is 0 Å². The fourth-order valence-electron chi connectivity index (χ4n) is 1.49. The van der Waals surface area contributed by atoms with Gasteiger partial charge in [0.2, 0.25) is 0 Å². The maximum atomic E-state index is 11.1. The zero-order valence-corrected chi connectivity index (χ0v) is 35.0. The van der Waals surface area contributed by atoms with Gasteiger partial charge in [-0.1, -0.05) is 27.7 Å². The van der Waals surface area contributed by atoms with Crippen LogP contribution in [0.2, 0.25) is 0 Å². The largest absolute Gasteiger partial charge is 0.465 e. The third-order valence-corrected chi connectivity index (χ3v) is 4.44. The summed E-state index contributed by atoms with van der Waals surface area (Å²) in [4.78, 5) is 45.7. The molecule has 0 saturated carbocycles. The number of rotatable bonds is 14. The van der Waals surface area contributed by atoms with Crippen LogP contribution in [0.5, 0.6) is 0 Å². The van der Waals surface area contributed by atoms with Gasteiger partial charge in [-0.2, -0.15) is 54.0 Å². The van der Waals surface area contributed by atoms with Crippen LogP contribution in [0.4, 0.5) is 0 Å². The van der Waals surface area contributed by atoms with E-state index in [9.17, 15) is 19.2 Å². The molecule has 0 saturated heterocycles. The van der Waals surface area contributed by atoms with Gasteiger partial charge in [0.1, 0.15) is 24.4 Å². The van der Waals surface area contributed by atoms with Crippen molar-refractivity contribution < 1.29 is 43.2 Å². The van der Waals surface area contributed by atoms with Crippen LogP contribution in [0, 0.1) is 0 Å². The Labute approximate surface area is 314 Å². The number of nitrogens with two attached hydrogens (primary N) is 2. The number of likely N-dealkylation sites (N-methyl/N-ethyl adjacent to an activating group) is 2. The highest BCUT2D eigenvalue weighted by Gasteiger charge is 2.16. The standard InChI is InChI=1S/2C8H17NO2.C6H13NO2.C3H7NO2.C3H8O.ClH.4H2S/c2*1-5-6-11-8(10)7(2)9(3)4;1-3-4-9-6(8)5(2)7;1-3(4)6-2-5;1-2-3-4;;;;;/h2*7H,5-6H2,1-4H3;5H,3-4,7H2,1-2H3;2-3H,4H2,1H3;4H,2-3H2,1H3;1H;4*1H2/t2*7-;5-;3-;;;;;;/m0001....../s1. The first kappa shape index (κ1) is 71.4. The van der Waals surface area contributed by atoms with Gasteiger partial charge in [-0.05, 0) is 81.6 Å². The van der Waals surface area contributed by atoms with Crippen molar-refractivity contribution in [2.45, 2.75) is 105 Å². The number of hydrogen-bond acceptors (Lipinski definition) is 13. The molecular formula is C28H71ClN4O9S4. The van der Waals surface area contributed by atoms with E-state index in [0.717, 1.165) is 25.7 Å². The minimum Gasteiger partial charge on any atom is -0.465 e. The van der Waals surface area contributed by atoms with E-state index < -0.39 is 12.3 Å². The molecule has 0 bridgehead atoms. The highest BCUT2D eigenvalue weighted by molar-refractivity contribution is 7.59. The van der Waals surface area contributed by atoms with Crippen molar-refractivity contribution in [2.75, 3.05) is 54.6 Å². The van der Waals surface area contributed by atoms with Crippen LogP contribution in [-0.2, 0) is 38.1 Å². The molecule has 0 fully saturated rings. The van der Waals surface area contributed by atoms with Crippen LogP contribution in [0.3, 0.4) is 0 Å². The molecule has 18 heteroatoms. The van der Waals surface area contributed by atoms with Crippen molar-refractivity contribution in [3.8, 4) is 0 Å². The molecule has 0 aliphatic rings. The number of aliphatic hydroxyl groups excluding tert-OH is 1. The van der Waals surface area contributed by atoms with Crippen molar-refractivity contribution in [1.29, 1.82) is 0 Å². The molecule has 0 amide bonds. The van der Waals surface area contributed by atoms with Gasteiger partial charge in [0.15, 0.2) is 0 Å². The molecule has 0 rings (SSSR count). The van der Waals surface area contributed by atoms with E-state index in [1.807, 2.05) is 79.5 Å². The van der Waals surface area contributed by atoms with Crippen molar-refractivity contribution in [1.82, 2.24) is 9.80 Å². The second-order valence-electron chi connectivity index (χ2n) is 9.23. The van der Waals surface area contributed by atoms with Crippen LogP contribution < -0.4 is 11.5 Å². The quantitative estimate of drug-likeness (QED) is 0.102. The number of nitrogens with zero attached hydrogens (tertiary/aromatic N) is 2. The highest BCUT2D eigenvalue weighted by atomic mass is 35.5. The highest BCUT2D eigenvalue weighted by Crippen LogP contribution is 1.96. The van der Waals surface area contributed by atoms with Gasteiger partial charge in [-0.25, -0.2) is 0 Å². The Balaban J connectivity index is -0.0000000443. The summed E-state index contributed by atoms with van der Waals surface area (Å²) in [6, 6.07) is -0.764. The first-order chi connectivity index (χ1) is 19.0. The Bertz CT molecular complexity index is 600. The van der Waals surface area contributed by atoms with E-state index in [1.165, 1.54) is 0 Å². The van der Waals surface area contributed by atoms with Gasteiger partial charge in [0, 0.05) is 6.61 Å². The predicted octanol–water partition coefficient (Wildman–Crippen LogP) is 2.79. The SMILES string of the molecule is CCCO.CCCOC(=O)[C@H](C)N.CCCOC(=O)[C@H](C)N(C)C.CCCOC(=O)[C@H](C)N(C)C.C[C@H](N)OC=O.Cl.S.S.S.S. The Morgan fingerprint density at radius 3 is 1.04 bits per heavy atom. The number of ether oxygens (including phenoxy) is 4. The molecular weight excluding hydrogens is 700 g/mol. The third-order valence-electron chi connectivity index (χ3n) is 4.44. The topological polar surface area (TPSA) is 184 Å². The molecule has 0 aromatic heterocycles. The number of halogens is 1. The molecule has 0 radical (unpaired) electrons. The first-order valence-electron chi connectivity index (χ1n) is 14.1. The van der Waals surface area contributed by atoms with E-state index in [-0.39, 0.29) is 96.4 Å². The number of carbonyl (C=O) groups excluding carboxylic acids is 4. The molecule has 0 aliphatic heterocycles. The van der Waals surface area contributed by atoms with E-state index in [0.29, 0.717) is 32.9 Å². The second kappa shape index (κ2) is 53.8. The molecule has 0 aliphatic carbocycles. The van der Waals surface area contributed by atoms with Crippen molar-refractivity contribution in [2.24, 2.45) is 11.5 Å². The summed E-state index contributed by atoms with van der Waals surface area (Å²) >= 11 is 0. The van der Waals surface area contributed by atoms with E-state index in [4.69, 9.17) is 26.0 Å². The zero-order chi connectivity index (χ0) is 33.4. The average Bonchev–Trinajstić information content (AvgIpc) is 2.93. The maximum Gasteiger partial charge on any atom is 0.323 e. The molecule has 0 aromatic carbocycles. The minimum atomic E-state index is -0.489. The molecule has 5 N–H and O–H groups in total. The lowest BCUT2D eigenvalue weighted by atomic mass is 10.3. The van der Waals surface area contributed by atoms with Gasteiger partial charge in [-0.3, -0.25) is 34.7 Å². The molecule has 0 spiro atoms. The van der Waals surface area contributed by atoms with Gasteiger partial charge in [0.25, 0.3) is 6.47 Å². The first-order valence-corrected chi connectivity index (χ1v) is 14.1. The summed E-state index contributed by atoms with van der Waals surface area (Å²) in [5.41, 5.74) is 10.2. The molecule has 0 aromatic rings. The maximum absolute atomic E-state index is 11.1. The fourth-order valence-corrected chi connectivity index (χ4v) is 1.49. The van der Waals surface area contributed by atoms with Gasteiger partial charge >= 0.3 is 17.9 Å². The van der Waals surface area contributed by atoms with Gasteiger partial charge in [0.05, 0.1) is 19.8 Å².